The molecule has 0 saturated heterocycles. The minimum absolute atomic E-state index is 0.320. The molecule has 2 aromatic rings. The van der Waals surface area contributed by atoms with Gasteiger partial charge < -0.3 is 4.57 Å². The predicted octanol–water partition coefficient (Wildman–Crippen LogP) is 1.91. The van der Waals surface area contributed by atoms with Gasteiger partial charge in [0.15, 0.2) is 5.82 Å². The Hall–Kier alpha value is -2.07. The Morgan fingerprint density at radius 2 is 2.38 bits per heavy atom. The van der Waals surface area contributed by atoms with E-state index in [1.165, 1.54) is 0 Å². The average molecular weight is 174 g/mol. The molecule has 0 atom stereocenters. The average Bonchev–Trinajstić information content (AvgIpc) is 2.50. The van der Waals surface area contributed by atoms with E-state index in [1.807, 2.05) is 17.7 Å². The molecule has 2 aromatic heterocycles. The quantitative estimate of drug-likeness (QED) is 0.376. The maximum absolute atomic E-state index is 8.27. The van der Waals surface area contributed by atoms with Crippen molar-refractivity contribution in [3.8, 4) is 0 Å². The van der Waals surface area contributed by atoms with E-state index in [2.05, 4.69) is 20.0 Å². The summed E-state index contributed by atoms with van der Waals surface area (Å²) in [5.74, 6) is 0.320. The summed E-state index contributed by atoms with van der Waals surface area (Å²) in [6.07, 6.45) is 3.25. The summed E-state index contributed by atoms with van der Waals surface area (Å²) in [5.41, 5.74) is 9.80. The van der Waals surface area contributed by atoms with Gasteiger partial charge in [-0.25, -0.2) is 4.98 Å². The molecule has 6 heteroatoms. The van der Waals surface area contributed by atoms with Crippen LogP contribution in [0.3, 0.4) is 0 Å². The lowest BCUT2D eigenvalue weighted by Gasteiger charge is -1.94. The van der Waals surface area contributed by atoms with Crippen LogP contribution in [0.5, 0.6) is 0 Å². The summed E-state index contributed by atoms with van der Waals surface area (Å²) in [6, 6.07) is 1.82. The van der Waals surface area contributed by atoms with Gasteiger partial charge in [0.25, 0.3) is 0 Å². The fourth-order valence-electron chi connectivity index (χ4n) is 1.16. The molecule has 0 unspecified atom stereocenters. The molecule has 0 radical (unpaired) electrons. The van der Waals surface area contributed by atoms with E-state index in [-0.39, 0.29) is 0 Å². The number of azide groups is 1. The molecule has 13 heavy (non-hydrogen) atoms. The molecule has 64 valence electrons. The molecule has 0 aliphatic heterocycles. The normalized spacial score (nSPS) is 9.92. The van der Waals surface area contributed by atoms with E-state index < -0.39 is 0 Å². The van der Waals surface area contributed by atoms with Crippen LogP contribution in [0.1, 0.15) is 0 Å². The minimum Gasteiger partial charge on any atom is -0.334 e. The Bertz CT molecular complexity index is 493. The molecular weight excluding hydrogens is 168 g/mol. The molecule has 0 N–H and O–H groups in total. The van der Waals surface area contributed by atoms with E-state index in [0.29, 0.717) is 11.3 Å². The van der Waals surface area contributed by atoms with E-state index in [9.17, 15) is 0 Å². The minimum atomic E-state index is 0.320. The van der Waals surface area contributed by atoms with Crippen molar-refractivity contribution >= 4 is 16.9 Å². The molecule has 2 rings (SSSR count). The first-order valence-electron chi connectivity index (χ1n) is 3.64. The third-order valence-electron chi connectivity index (χ3n) is 1.76. The predicted molar refractivity (Wildman–Crippen MR) is 47.3 cm³/mol. The number of aryl methyl sites for hydroxylation is 1. The Morgan fingerprint density at radius 1 is 1.54 bits per heavy atom. The Labute approximate surface area is 73.5 Å². The highest BCUT2D eigenvalue weighted by atomic mass is 15.2. The third kappa shape index (κ3) is 1.09. The van der Waals surface area contributed by atoms with Crippen LogP contribution >= 0.6 is 0 Å². The lowest BCUT2D eigenvalue weighted by Crippen LogP contribution is -1.83. The monoisotopic (exact) mass is 174 g/mol. The highest BCUT2D eigenvalue weighted by Crippen LogP contribution is 2.20. The van der Waals surface area contributed by atoms with E-state index in [0.717, 1.165) is 5.52 Å². The van der Waals surface area contributed by atoms with Gasteiger partial charge in [-0.15, -0.1) is 0 Å². The van der Waals surface area contributed by atoms with Gasteiger partial charge >= 0.3 is 0 Å². The first kappa shape index (κ1) is 7.57. The van der Waals surface area contributed by atoms with Gasteiger partial charge in [-0.2, -0.15) is 0 Å². The van der Waals surface area contributed by atoms with Crippen molar-refractivity contribution in [3.05, 3.63) is 29.0 Å². The van der Waals surface area contributed by atoms with Crippen molar-refractivity contribution in [2.75, 3.05) is 0 Å². The standard InChI is InChI=1S/C7H6N6/c1-13-4-10-6-5(13)2-3-9-7(6)11-12-8/h2-4H,1H3. The second-order valence-electron chi connectivity index (χ2n) is 2.55. The largest absolute Gasteiger partial charge is 0.334 e. The number of hydrogen-bond acceptors (Lipinski definition) is 3. The number of hydrogen-bond donors (Lipinski definition) is 0. The number of pyridine rings is 1. The van der Waals surface area contributed by atoms with Gasteiger partial charge in [-0.05, 0) is 16.7 Å². The maximum Gasteiger partial charge on any atom is 0.154 e. The number of imidazole rings is 1. The number of aromatic nitrogens is 3. The van der Waals surface area contributed by atoms with Crippen molar-refractivity contribution < 1.29 is 0 Å². The molecule has 2 heterocycles. The van der Waals surface area contributed by atoms with Crippen molar-refractivity contribution in [1.82, 2.24) is 14.5 Å². The van der Waals surface area contributed by atoms with Crippen LogP contribution in [0.15, 0.2) is 23.7 Å². The topological polar surface area (TPSA) is 79.5 Å². The van der Waals surface area contributed by atoms with Gasteiger partial charge in [0.1, 0.15) is 5.52 Å². The van der Waals surface area contributed by atoms with Crippen molar-refractivity contribution in [3.63, 3.8) is 0 Å². The van der Waals surface area contributed by atoms with Crippen LogP contribution in [0.4, 0.5) is 5.82 Å². The molecule has 0 aliphatic carbocycles. The van der Waals surface area contributed by atoms with Crippen molar-refractivity contribution in [1.29, 1.82) is 0 Å². The first-order chi connectivity index (χ1) is 6.33. The fourth-order valence-corrected chi connectivity index (χ4v) is 1.16. The molecule has 0 amide bonds. The molecule has 0 aliphatic rings. The summed E-state index contributed by atoms with van der Waals surface area (Å²) in [6.45, 7) is 0. The molecule has 6 nitrogen and oxygen atoms in total. The van der Waals surface area contributed by atoms with E-state index in [1.54, 1.807) is 12.5 Å². The second kappa shape index (κ2) is 2.76. The van der Waals surface area contributed by atoms with E-state index in [4.69, 9.17) is 5.53 Å². The van der Waals surface area contributed by atoms with Crippen LogP contribution in [0.25, 0.3) is 21.5 Å². The highest BCUT2D eigenvalue weighted by molar-refractivity contribution is 5.83. The van der Waals surface area contributed by atoms with Crippen LogP contribution < -0.4 is 0 Å². The van der Waals surface area contributed by atoms with Gasteiger partial charge in [-0.1, -0.05) is 0 Å². The van der Waals surface area contributed by atoms with Crippen LogP contribution in [-0.2, 0) is 7.05 Å². The Kier molecular flexibility index (Phi) is 1.61. The summed E-state index contributed by atoms with van der Waals surface area (Å²) < 4.78 is 1.84. The van der Waals surface area contributed by atoms with Gasteiger partial charge in [0.05, 0.1) is 11.8 Å². The number of fused-ring (bicyclic) bond motifs is 1. The molecular formula is C7H6N6. The number of rotatable bonds is 1. The van der Waals surface area contributed by atoms with Gasteiger partial charge in [0.2, 0.25) is 0 Å². The molecule has 0 bridgehead atoms. The van der Waals surface area contributed by atoms with Crippen LogP contribution in [0.2, 0.25) is 0 Å². The molecule has 0 aromatic carbocycles. The lowest BCUT2D eigenvalue weighted by molar-refractivity contribution is 0.947. The summed E-state index contributed by atoms with van der Waals surface area (Å²) >= 11 is 0. The second-order valence-corrected chi connectivity index (χ2v) is 2.55. The SMILES string of the molecule is Cn1cnc2c(N=[N+]=[N-])nccc21. The van der Waals surface area contributed by atoms with Crippen molar-refractivity contribution in [2.24, 2.45) is 12.2 Å². The Balaban J connectivity index is 2.84. The van der Waals surface area contributed by atoms with Crippen LogP contribution in [-0.4, -0.2) is 14.5 Å². The molecule has 0 spiro atoms. The molecule has 0 saturated carbocycles. The zero-order chi connectivity index (χ0) is 9.26. The smallest absolute Gasteiger partial charge is 0.154 e. The molecule has 0 fully saturated rings. The fraction of sp³-hybridized carbons (Fsp3) is 0.143. The third-order valence-corrected chi connectivity index (χ3v) is 1.76. The zero-order valence-electron chi connectivity index (χ0n) is 6.92. The van der Waals surface area contributed by atoms with Gasteiger partial charge in [-0.3, -0.25) is 4.98 Å². The Morgan fingerprint density at radius 3 is 3.15 bits per heavy atom. The number of nitrogens with zero attached hydrogens (tertiary/aromatic N) is 6. The first-order valence-corrected chi connectivity index (χ1v) is 3.64. The van der Waals surface area contributed by atoms with Gasteiger partial charge in [0, 0.05) is 18.2 Å². The van der Waals surface area contributed by atoms with Crippen molar-refractivity contribution in [2.45, 2.75) is 0 Å². The zero-order valence-corrected chi connectivity index (χ0v) is 6.92. The summed E-state index contributed by atoms with van der Waals surface area (Å²) in [7, 11) is 1.87. The summed E-state index contributed by atoms with van der Waals surface area (Å²) in [5, 5.41) is 3.44. The van der Waals surface area contributed by atoms with E-state index >= 15 is 0 Å². The highest BCUT2D eigenvalue weighted by Gasteiger charge is 2.03. The lowest BCUT2D eigenvalue weighted by atomic mass is 10.4. The maximum atomic E-state index is 8.27. The van der Waals surface area contributed by atoms with Crippen LogP contribution in [0, 0.1) is 0 Å². The summed E-state index contributed by atoms with van der Waals surface area (Å²) in [4.78, 5) is 10.7.